The lowest BCUT2D eigenvalue weighted by molar-refractivity contribution is 0.551. The van der Waals surface area contributed by atoms with Crippen LogP contribution in [0.15, 0.2) is 11.1 Å². The average Bonchev–Trinajstić information content (AvgIpc) is 2.10. The standard InChI is InChI=1S/C8H10F2N2S/c1-3-11-7-5(9)4-6(10)8(12-7)13-2/h4H,3H2,1-2H3,(H,11,12). The van der Waals surface area contributed by atoms with Crippen molar-refractivity contribution in [3.8, 4) is 0 Å². The highest BCUT2D eigenvalue weighted by Crippen LogP contribution is 2.21. The van der Waals surface area contributed by atoms with Crippen LogP contribution >= 0.6 is 11.8 Å². The maximum Gasteiger partial charge on any atom is 0.168 e. The number of hydrogen-bond donors (Lipinski definition) is 1. The van der Waals surface area contributed by atoms with Gasteiger partial charge in [-0.2, -0.15) is 0 Å². The number of anilines is 1. The molecule has 0 aromatic carbocycles. The van der Waals surface area contributed by atoms with Crippen molar-refractivity contribution in [1.29, 1.82) is 0 Å². The van der Waals surface area contributed by atoms with E-state index in [4.69, 9.17) is 0 Å². The van der Waals surface area contributed by atoms with Gasteiger partial charge in [-0.15, -0.1) is 11.8 Å². The van der Waals surface area contributed by atoms with Gasteiger partial charge in [0.1, 0.15) is 5.03 Å². The van der Waals surface area contributed by atoms with Crippen LogP contribution in [0.3, 0.4) is 0 Å². The zero-order valence-corrected chi connectivity index (χ0v) is 8.21. The molecule has 0 fully saturated rings. The second-order valence-electron chi connectivity index (χ2n) is 2.34. The summed E-state index contributed by atoms with van der Waals surface area (Å²) in [6.45, 7) is 2.38. The number of nitrogens with zero attached hydrogens (tertiary/aromatic N) is 1. The van der Waals surface area contributed by atoms with Gasteiger partial charge in [-0.3, -0.25) is 0 Å². The fourth-order valence-electron chi connectivity index (χ4n) is 0.884. The van der Waals surface area contributed by atoms with Crippen molar-refractivity contribution in [2.75, 3.05) is 18.1 Å². The van der Waals surface area contributed by atoms with Crippen molar-refractivity contribution < 1.29 is 8.78 Å². The third-order valence-corrected chi connectivity index (χ3v) is 2.11. The van der Waals surface area contributed by atoms with E-state index in [1.807, 2.05) is 6.92 Å². The summed E-state index contributed by atoms with van der Waals surface area (Å²) in [4.78, 5) is 3.78. The first kappa shape index (κ1) is 10.2. The summed E-state index contributed by atoms with van der Waals surface area (Å²) in [6, 6.07) is 0.844. The van der Waals surface area contributed by atoms with E-state index in [0.717, 1.165) is 17.8 Å². The molecule has 1 N–H and O–H groups in total. The summed E-state index contributed by atoms with van der Waals surface area (Å²) in [7, 11) is 0. The number of halogens is 2. The van der Waals surface area contributed by atoms with Crippen LogP contribution in [0, 0.1) is 11.6 Å². The molecule has 0 aliphatic carbocycles. The normalized spacial score (nSPS) is 10.2. The van der Waals surface area contributed by atoms with E-state index in [-0.39, 0.29) is 10.8 Å². The van der Waals surface area contributed by atoms with Gasteiger partial charge in [0.05, 0.1) is 0 Å². The fourth-order valence-corrected chi connectivity index (χ4v) is 1.32. The molecule has 0 saturated carbocycles. The van der Waals surface area contributed by atoms with Gasteiger partial charge in [0.2, 0.25) is 0 Å². The molecule has 5 heteroatoms. The summed E-state index contributed by atoms with van der Waals surface area (Å²) in [6.07, 6.45) is 1.69. The van der Waals surface area contributed by atoms with Gasteiger partial charge in [0.15, 0.2) is 17.5 Å². The number of hydrogen-bond acceptors (Lipinski definition) is 3. The van der Waals surface area contributed by atoms with Crippen LogP contribution in [0.4, 0.5) is 14.6 Å². The molecule has 0 atom stereocenters. The zero-order valence-electron chi connectivity index (χ0n) is 7.40. The fraction of sp³-hybridized carbons (Fsp3) is 0.375. The molecule has 0 spiro atoms. The molecule has 0 aliphatic heterocycles. The number of rotatable bonds is 3. The molecular weight excluding hydrogens is 194 g/mol. The van der Waals surface area contributed by atoms with Gasteiger partial charge in [0.25, 0.3) is 0 Å². The summed E-state index contributed by atoms with van der Waals surface area (Å²) in [5, 5.41) is 2.92. The van der Waals surface area contributed by atoms with Crippen molar-refractivity contribution in [2.24, 2.45) is 0 Å². The zero-order chi connectivity index (χ0) is 9.84. The first-order chi connectivity index (χ1) is 6.19. The minimum atomic E-state index is -0.655. The molecule has 0 amide bonds. The second kappa shape index (κ2) is 4.41. The molecular formula is C8H10F2N2S. The summed E-state index contributed by atoms with van der Waals surface area (Å²) in [5.74, 6) is -1.17. The van der Waals surface area contributed by atoms with Crippen LogP contribution in [0.5, 0.6) is 0 Å². The molecule has 1 aromatic heterocycles. The van der Waals surface area contributed by atoms with Gasteiger partial charge >= 0.3 is 0 Å². The number of nitrogens with one attached hydrogen (secondary N) is 1. The number of thioether (sulfide) groups is 1. The van der Waals surface area contributed by atoms with E-state index < -0.39 is 11.6 Å². The van der Waals surface area contributed by atoms with Gasteiger partial charge in [-0.1, -0.05) is 0 Å². The molecule has 2 nitrogen and oxygen atoms in total. The Morgan fingerprint density at radius 3 is 2.69 bits per heavy atom. The van der Waals surface area contributed by atoms with E-state index >= 15 is 0 Å². The molecule has 0 saturated heterocycles. The first-order valence-electron chi connectivity index (χ1n) is 3.83. The third-order valence-electron chi connectivity index (χ3n) is 1.43. The van der Waals surface area contributed by atoms with E-state index in [0.29, 0.717) is 6.54 Å². The van der Waals surface area contributed by atoms with Crippen LogP contribution < -0.4 is 5.32 Å². The van der Waals surface area contributed by atoms with Crippen LogP contribution in [-0.2, 0) is 0 Å². The van der Waals surface area contributed by atoms with Crippen molar-refractivity contribution >= 4 is 17.6 Å². The van der Waals surface area contributed by atoms with Crippen molar-refractivity contribution in [3.05, 3.63) is 17.7 Å². The van der Waals surface area contributed by atoms with Crippen LogP contribution in [0.1, 0.15) is 6.92 Å². The third kappa shape index (κ3) is 2.30. The molecule has 0 bridgehead atoms. The van der Waals surface area contributed by atoms with Crippen molar-refractivity contribution in [3.63, 3.8) is 0 Å². The smallest absolute Gasteiger partial charge is 0.168 e. The van der Waals surface area contributed by atoms with Gasteiger partial charge < -0.3 is 5.32 Å². The Morgan fingerprint density at radius 1 is 1.46 bits per heavy atom. The molecule has 72 valence electrons. The average molecular weight is 204 g/mol. The highest BCUT2D eigenvalue weighted by molar-refractivity contribution is 7.98. The van der Waals surface area contributed by atoms with E-state index in [1.54, 1.807) is 6.26 Å². The maximum absolute atomic E-state index is 13.0. The van der Waals surface area contributed by atoms with E-state index in [9.17, 15) is 8.78 Å². The molecule has 1 aromatic rings. The molecule has 13 heavy (non-hydrogen) atoms. The Morgan fingerprint density at radius 2 is 2.15 bits per heavy atom. The minimum absolute atomic E-state index is 0.105. The predicted octanol–water partition coefficient (Wildman–Crippen LogP) is 2.51. The highest BCUT2D eigenvalue weighted by Gasteiger charge is 2.09. The van der Waals surface area contributed by atoms with Crippen LogP contribution in [-0.4, -0.2) is 17.8 Å². The second-order valence-corrected chi connectivity index (χ2v) is 3.14. The summed E-state index contributed by atoms with van der Waals surface area (Å²) in [5.41, 5.74) is 0. The maximum atomic E-state index is 13.0. The number of aromatic nitrogens is 1. The van der Waals surface area contributed by atoms with Crippen LogP contribution in [0.2, 0.25) is 0 Å². The lowest BCUT2D eigenvalue weighted by Gasteiger charge is -2.05. The molecule has 1 heterocycles. The molecule has 0 unspecified atom stereocenters. The number of pyridine rings is 1. The predicted molar refractivity (Wildman–Crippen MR) is 50.1 cm³/mol. The molecule has 1 rings (SSSR count). The van der Waals surface area contributed by atoms with Gasteiger partial charge in [-0.25, -0.2) is 13.8 Å². The Kier molecular flexibility index (Phi) is 3.48. The Balaban J connectivity index is 3.06. The van der Waals surface area contributed by atoms with Crippen molar-refractivity contribution in [1.82, 2.24) is 4.98 Å². The lowest BCUT2D eigenvalue weighted by atomic mass is 10.4. The Labute approximate surface area is 79.7 Å². The Bertz CT molecular complexity index is 304. The van der Waals surface area contributed by atoms with Gasteiger partial charge in [0, 0.05) is 12.6 Å². The van der Waals surface area contributed by atoms with E-state index in [1.165, 1.54) is 0 Å². The minimum Gasteiger partial charge on any atom is -0.368 e. The summed E-state index contributed by atoms with van der Waals surface area (Å²) < 4.78 is 25.9. The van der Waals surface area contributed by atoms with Gasteiger partial charge in [-0.05, 0) is 13.2 Å². The van der Waals surface area contributed by atoms with E-state index in [2.05, 4.69) is 10.3 Å². The Hall–Kier alpha value is -0.840. The highest BCUT2D eigenvalue weighted by atomic mass is 32.2. The quantitative estimate of drug-likeness (QED) is 0.766. The largest absolute Gasteiger partial charge is 0.368 e. The topological polar surface area (TPSA) is 24.9 Å². The monoisotopic (exact) mass is 204 g/mol. The lowest BCUT2D eigenvalue weighted by Crippen LogP contribution is -2.04. The first-order valence-corrected chi connectivity index (χ1v) is 5.05. The molecule has 0 radical (unpaired) electrons. The molecule has 0 aliphatic rings. The van der Waals surface area contributed by atoms with Crippen LogP contribution in [0.25, 0.3) is 0 Å². The summed E-state index contributed by atoms with van der Waals surface area (Å²) >= 11 is 1.15. The van der Waals surface area contributed by atoms with Crippen molar-refractivity contribution in [2.45, 2.75) is 11.9 Å². The SMILES string of the molecule is CCNc1nc(SC)c(F)cc1F.